The summed E-state index contributed by atoms with van der Waals surface area (Å²) >= 11 is 18.2. The van der Waals surface area contributed by atoms with Gasteiger partial charge in [0.25, 0.3) is 0 Å². The summed E-state index contributed by atoms with van der Waals surface area (Å²) in [4.78, 5) is 4.74. The molecule has 0 spiro atoms. The maximum Gasteiger partial charge on any atom is 0.240 e. The van der Waals surface area contributed by atoms with E-state index in [9.17, 15) is 8.42 Å². The molecule has 2 heterocycles. The molecule has 170 valence electrons. The Labute approximate surface area is 207 Å². The van der Waals surface area contributed by atoms with E-state index >= 15 is 0 Å². The number of aromatic nitrogens is 3. The van der Waals surface area contributed by atoms with Crippen molar-refractivity contribution in [2.24, 2.45) is 0 Å². The smallest absolute Gasteiger partial charge is 0.240 e. The molecule has 0 amide bonds. The zero-order valence-corrected chi connectivity index (χ0v) is 20.6. The Morgan fingerprint density at radius 2 is 1.73 bits per heavy atom. The van der Waals surface area contributed by atoms with Crippen LogP contribution in [-0.2, 0) is 10.0 Å². The Morgan fingerprint density at radius 3 is 2.45 bits per heavy atom. The topological polar surface area (TPSA) is 88.4 Å². The van der Waals surface area contributed by atoms with Crippen LogP contribution in [0.25, 0.3) is 16.9 Å². The van der Waals surface area contributed by atoms with Crippen molar-refractivity contribution in [2.45, 2.75) is 11.3 Å². The van der Waals surface area contributed by atoms with Gasteiger partial charge in [-0.25, -0.2) is 18.1 Å². The number of fused-ring (bicyclic) bond motifs is 1. The third-order valence-corrected chi connectivity index (χ3v) is 7.10. The van der Waals surface area contributed by atoms with Crippen LogP contribution >= 0.6 is 34.8 Å². The molecular weight excluding hydrogens is 504 g/mol. The standard InChI is InChI=1S/C21H19BCl3N5O2S/c22-17-12-27-30-20(11-19(29-21(17)30)16-4-1-2-5-18(16)25)26-6-3-7-28-33(31,32)15-9-13(23)8-14(24)10-15/h1-2,4-5,8-12,26,28H,3,6-7,22H2. The molecule has 0 saturated heterocycles. The van der Waals surface area contributed by atoms with E-state index in [1.54, 1.807) is 10.7 Å². The number of benzene rings is 2. The number of halogens is 3. The highest BCUT2D eigenvalue weighted by Crippen LogP contribution is 2.28. The highest BCUT2D eigenvalue weighted by atomic mass is 35.5. The van der Waals surface area contributed by atoms with Crippen LogP contribution in [0.1, 0.15) is 6.42 Å². The predicted molar refractivity (Wildman–Crippen MR) is 136 cm³/mol. The van der Waals surface area contributed by atoms with Gasteiger partial charge in [-0.05, 0) is 36.1 Å². The fourth-order valence-corrected chi connectivity index (χ4v) is 5.32. The van der Waals surface area contributed by atoms with E-state index in [0.29, 0.717) is 23.6 Å². The quantitative estimate of drug-likeness (QED) is 0.274. The first-order valence-corrected chi connectivity index (χ1v) is 12.7. The Kier molecular flexibility index (Phi) is 7.16. The Morgan fingerprint density at radius 1 is 1.00 bits per heavy atom. The first-order chi connectivity index (χ1) is 15.7. The summed E-state index contributed by atoms with van der Waals surface area (Å²) in [7, 11) is -1.78. The molecule has 4 rings (SSSR count). The van der Waals surface area contributed by atoms with Gasteiger partial charge in [0, 0.05) is 46.0 Å². The maximum atomic E-state index is 12.5. The highest BCUT2D eigenvalue weighted by molar-refractivity contribution is 7.89. The second-order valence-corrected chi connectivity index (χ2v) is 10.4. The summed E-state index contributed by atoms with van der Waals surface area (Å²) in [5.74, 6) is 0.729. The monoisotopic (exact) mass is 521 g/mol. The Hall–Kier alpha value is -2.30. The molecule has 2 N–H and O–H groups in total. The van der Waals surface area contributed by atoms with E-state index in [2.05, 4.69) is 15.1 Å². The van der Waals surface area contributed by atoms with E-state index in [4.69, 9.17) is 39.8 Å². The summed E-state index contributed by atoms with van der Waals surface area (Å²) in [6.07, 6.45) is 2.27. The van der Waals surface area contributed by atoms with Crippen molar-refractivity contribution in [3.05, 3.63) is 69.8 Å². The lowest BCUT2D eigenvalue weighted by atomic mass is 10.0. The van der Waals surface area contributed by atoms with Crippen LogP contribution in [0.3, 0.4) is 0 Å². The van der Waals surface area contributed by atoms with Gasteiger partial charge < -0.3 is 5.32 Å². The van der Waals surface area contributed by atoms with Crippen molar-refractivity contribution in [1.82, 2.24) is 19.3 Å². The van der Waals surface area contributed by atoms with Crippen molar-refractivity contribution in [1.29, 1.82) is 0 Å². The van der Waals surface area contributed by atoms with Gasteiger partial charge in [0.05, 0.1) is 10.6 Å². The van der Waals surface area contributed by atoms with Crippen molar-refractivity contribution in [3.8, 4) is 11.3 Å². The molecule has 0 radical (unpaired) electrons. The second-order valence-electron chi connectivity index (χ2n) is 7.35. The maximum absolute atomic E-state index is 12.5. The molecule has 33 heavy (non-hydrogen) atoms. The number of sulfonamides is 1. The molecule has 0 atom stereocenters. The average molecular weight is 523 g/mol. The fraction of sp³-hybridized carbons (Fsp3) is 0.143. The van der Waals surface area contributed by atoms with E-state index in [0.717, 1.165) is 22.5 Å². The molecule has 7 nitrogen and oxygen atoms in total. The number of nitrogens with one attached hydrogen (secondary N) is 2. The van der Waals surface area contributed by atoms with Crippen LogP contribution in [0, 0.1) is 0 Å². The summed E-state index contributed by atoms with van der Waals surface area (Å²) in [5.41, 5.74) is 3.18. The second kappa shape index (κ2) is 9.91. The van der Waals surface area contributed by atoms with Crippen molar-refractivity contribution in [2.75, 3.05) is 18.4 Å². The average Bonchev–Trinajstić information content (AvgIpc) is 3.14. The minimum Gasteiger partial charge on any atom is -0.370 e. The first kappa shape index (κ1) is 23.8. The van der Waals surface area contributed by atoms with Gasteiger partial charge in [0.1, 0.15) is 13.7 Å². The SMILES string of the molecule is Bc1cnn2c(NCCCNS(=O)(=O)c3cc(Cl)cc(Cl)c3)cc(-c3ccccc3Cl)nc12. The molecular formula is C21H19BCl3N5O2S. The minimum absolute atomic E-state index is 0.0280. The highest BCUT2D eigenvalue weighted by Gasteiger charge is 2.15. The van der Waals surface area contributed by atoms with Gasteiger partial charge in [-0.2, -0.15) is 9.61 Å². The lowest BCUT2D eigenvalue weighted by molar-refractivity contribution is 0.580. The zero-order valence-electron chi connectivity index (χ0n) is 17.5. The van der Waals surface area contributed by atoms with Crippen LogP contribution < -0.4 is 15.5 Å². The van der Waals surface area contributed by atoms with Gasteiger partial charge in [0.2, 0.25) is 10.0 Å². The number of hydrogen-bond donors (Lipinski definition) is 2. The normalized spacial score (nSPS) is 11.7. The van der Waals surface area contributed by atoms with Crippen LogP contribution in [0.5, 0.6) is 0 Å². The zero-order chi connectivity index (χ0) is 23.6. The molecule has 0 unspecified atom stereocenters. The molecule has 0 saturated carbocycles. The van der Waals surface area contributed by atoms with Gasteiger partial charge >= 0.3 is 0 Å². The van der Waals surface area contributed by atoms with Crippen molar-refractivity contribution >= 4 is 69.6 Å². The fourth-order valence-electron chi connectivity index (χ4n) is 3.28. The summed E-state index contributed by atoms with van der Waals surface area (Å²) in [6.45, 7) is 0.724. The number of rotatable bonds is 8. The molecule has 12 heteroatoms. The van der Waals surface area contributed by atoms with E-state index in [-0.39, 0.29) is 21.5 Å². The summed E-state index contributed by atoms with van der Waals surface area (Å²) < 4.78 is 29.3. The third-order valence-electron chi connectivity index (χ3n) is 4.90. The van der Waals surface area contributed by atoms with Gasteiger partial charge in [-0.3, -0.25) is 0 Å². The lowest BCUT2D eigenvalue weighted by Crippen LogP contribution is -2.26. The largest absolute Gasteiger partial charge is 0.370 e. The molecule has 0 bridgehead atoms. The van der Waals surface area contributed by atoms with Crippen LogP contribution in [0.2, 0.25) is 15.1 Å². The van der Waals surface area contributed by atoms with E-state index < -0.39 is 10.0 Å². The summed E-state index contributed by atoms with van der Waals surface area (Å²) in [5, 5.41) is 8.83. The summed E-state index contributed by atoms with van der Waals surface area (Å²) in [6, 6.07) is 13.6. The molecule has 0 fully saturated rings. The molecule has 0 aliphatic carbocycles. The van der Waals surface area contributed by atoms with E-state index in [1.807, 2.05) is 38.2 Å². The number of anilines is 1. The van der Waals surface area contributed by atoms with Crippen LogP contribution in [0.15, 0.2) is 59.6 Å². The van der Waals surface area contributed by atoms with Gasteiger partial charge in [-0.15, -0.1) is 0 Å². The van der Waals surface area contributed by atoms with Crippen molar-refractivity contribution < 1.29 is 8.42 Å². The Balaban J connectivity index is 1.46. The molecule has 2 aromatic heterocycles. The molecule has 2 aromatic carbocycles. The molecule has 4 aromatic rings. The first-order valence-electron chi connectivity index (χ1n) is 10.0. The minimum atomic E-state index is -3.72. The lowest BCUT2D eigenvalue weighted by Gasteiger charge is -2.12. The predicted octanol–water partition coefficient (Wildman–Crippen LogP) is 3.40. The van der Waals surface area contributed by atoms with Gasteiger partial charge in [-0.1, -0.05) is 53.0 Å². The van der Waals surface area contributed by atoms with Crippen LogP contribution in [0.4, 0.5) is 5.82 Å². The number of hydrogen-bond acceptors (Lipinski definition) is 5. The molecule has 0 aliphatic heterocycles. The van der Waals surface area contributed by atoms with E-state index in [1.165, 1.54) is 18.2 Å². The van der Waals surface area contributed by atoms with Crippen molar-refractivity contribution in [3.63, 3.8) is 0 Å². The third kappa shape index (κ3) is 5.45. The molecule has 0 aliphatic rings. The van der Waals surface area contributed by atoms with Gasteiger partial charge in [0.15, 0.2) is 5.65 Å². The van der Waals surface area contributed by atoms with Crippen LogP contribution in [-0.4, -0.2) is 44.0 Å². The number of nitrogens with zero attached hydrogens (tertiary/aromatic N) is 3. The Bertz CT molecular complexity index is 1410.